The lowest BCUT2D eigenvalue weighted by atomic mass is 10.2. The summed E-state index contributed by atoms with van der Waals surface area (Å²) in [7, 11) is 0. The molecule has 0 radical (unpaired) electrons. The van der Waals surface area contributed by atoms with Gasteiger partial charge in [-0.15, -0.1) is 0 Å². The fourth-order valence-corrected chi connectivity index (χ4v) is 3.06. The van der Waals surface area contributed by atoms with Crippen LogP contribution in [0.2, 0.25) is 0 Å². The van der Waals surface area contributed by atoms with Crippen molar-refractivity contribution in [2.45, 2.75) is 19.9 Å². The summed E-state index contributed by atoms with van der Waals surface area (Å²) in [4.78, 5) is 27.7. The Hall–Kier alpha value is -2.60. The molecule has 1 aromatic heterocycles. The van der Waals surface area contributed by atoms with E-state index in [-0.39, 0.29) is 17.9 Å². The Bertz CT molecular complexity index is 717. The van der Waals surface area contributed by atoms with Gasteiger partial charge in [-0.25, -0.2) is 0 Å². The van der Waals surface area contributed by atoms with Crippen LogP contribution < -0.4 is 10.2 Å². The number of carbonyl (C=O) groups excluding carboxylic acids is 2. The highest BCUT2D eigenvalue weighted by atomic mass is 16.3. The van der Waals surface area contributed by atoms with Crippen molar-refractivity contribution in [3.8, 4) is 0 Å². The molecule has 0 aliphatic carbocycles. The van der Waals surface area contributed by atoms with Crippen molar-refractivity contribution in [1.29, 1.82) is 0 Å². The second kappa shape index (κ2) is 7.53. The smallest absolute Gasteiger partial charge is 0.289 e. The van der Waals surface area contributed by atoms with E-state index >= 15 is 0 Å². The lowest BCUT2D eigenvalue weighted by Gasteiger charge is -2.34. The molecule has 1 aromatic carbocycles. The Morgan fingerprint density at radius 3 is 2.44 bits per heavy atom. The van der Waals surface area contributed by atoms with Crippen LogP contribution in [0.15, 0.2) is 47.1 Å². The molecule has 25 heavy (non-hydrogen) atoms. The van der Waals surface area contributed by atoms with E-state index in [0.29, 0.717) is 18.8 Å². The predicted octanol–water partition coefficient (Wildman–Crippen LogP) is 0.956. The summed E-state index contributed by atoms with van der Waals surface area (Å²) in [5.41, 5.74) is 1.97. The lowest BCUT2D eigenvalue weighted by molar-refractivity contribution is -0.917. The zero-order chi connectivity index (χ0) is 17.8. The van der Waals surface area contributed by atoms with Gasteiger partial charge in [-0.1, -0.05) is 17.7 Å². The van der Waals surface area contributed by atoms with Gasteiger partial charge in [-0.05, 0) is 38.1 Å². The monoisotopic (exact) mass is 342 g/mol. The second-order valence-electron chi connectivity index (χ2n) is 6.50. The Morgan fingerprint density at radius 1 is 1.16 bits per heavy atom. The Labute approximate surface area is 147 Å². The summed E-state index contributed by atoms with van der Waals surface area (Å²) in [5.74, 6) is 0.291. The van der Waals surface area contributed by atoms with Crippen molar-refractivity contribution in [1.82, 2.24) is 4.90 Å². The lowest BCUT2D eigenvalue weighted by Crippen LogP contribution is -3.19. The van der Waals surface area contributed by atoms with Gasteiger partial charge in [0.05, 0.1) is 32.4 Å². The molecular weight excluding hydrogens is 318 g/mol. The zero-order valence-corrected chi connectivity index (χ0v) is 14.6. The summed E-state index contributed by atoms with van der Waals surface area (Å²) in [6.07, 6.45) is 1.51. The molecule has 6 nitrogen and oxygen atoms in total. The molecule has 2 amide bonds. The summed E-state index contributed by atoms with van der Waals surface area (Å²) < 4.78 is 5.17. The van der Waals surface area contributed by atoms with Gasteiger partial charge in [0.25, 0.3) is 11.8 Å². The molecule has 132 valence electrons. The molecule has 1 atom stereocenters. The van der Waals surface area contributed by atoms with E-state index < -0.39 is 0 Å². The highest BCUT2D eigenvalue weighted by molar-refractivity contribution is 5.93. The molecule has 1 aliphatic heterocycles. The minimum Gasteiger partial charge on any atom is -0.459 e. The molecule has 0 saturated carbocycles. The maximum absolute atomic E-state index is 12.5. The number of hydrogen-bond acceptors (Lipinski definition) is 3. The van der Waals surface area contributed by atoms with Crippen LogP contribution in [0.3, 0.4) is 0 Å². The molecule has 3 rings (SSSR count). The molecular formula is C19H24N3O3+. The van der Waals surface area contributed by atoms with E-state index in [1.807, 2.05) is 38.1 Å². The van der Waals surface area contributed by atoms with E-state index in [2.05, 4.69) is 5.32 Å². The Morgan fingerprint density at radius 2 is 1.84 bits per heavy atom. The second-order valence-corrected chi connectivity index (χ2v) is 6.50. The third kappa shape index (κ3) is 4.09. The molecule has 0 unspecified atom stereocenters. The molecule has 0 bridgehead atoms. The highest BCUT2D eigenvalue weighted by Gasteiger charge is 2.31. The van der Waals surface area contributed by atoms with Crippen LogP contribution in [-0.2, 0) is 4.79 Å². The van der Waals surface area contributed by atoms with Crippen LogP contribution in [0.5, 0.6) is 0 Å². The first-order chi connectivity index (χ1) is 12.0. The first kappa shape index (κ1) is 17.2. The molecule has 1 fully saturated rings. The fourth-order valence-electron chi connectivity index (χ4n) is 3.06. The molecule has 1 aliphatic rings. The minimum absolute atomic E-state index is 0.00432. The maximum Gasteiger partial charge on any atom is 0.289 e. The molecule has 2 N–H and O–H groups in total. The number of anilines is 1. The third-order valence-corrected chi connectivity index (χ3v) is 4.75. The molecule has 1 saturated heterocycles. The van der Waals surface area contributed by atoms with Crippen LogP contribution in [0.25, 0.3) is 0 Å². The number of furan rings is 1. The highest BCUT2D eigenvalue weighted by Crippen LogP contribution is 2.09. The summed E-state index contributed by atoms with van der Waals surface area (Å²) in [6.45, 7) is 6.68. The van der Waals surface area contributed by atoms with Crippen molar-refractivity contribution < 1.29 is 18.9 Å². The van der Waals surface area contributed by atoms with Crippen molar-refractivity contribution in [2.24, 2.45) is 0 Å². The van der Waals surface area contributed by atoms with E-state index in [1.54, 1.807) is 17.0 Å². The summed E-state index contributed by atoms with van der Waals surface area (Å²) in [5, 5.41) is 2.97. The van der Waals surface area contributed by atoms with Gasteiger partial charge in [0.1, 0.15) is 0 Å². The van der Waals surface area contributed by atoms with Crippen molar-refractivity contribution in [2.75, 3.05) is 31.5 Å². The van der Waals surface area contributed by atoms with E-state index in [4.69, 9.17) is 4.42 Å². The average Bonchev–Trinajstić information content (AvgIpc) is 3.17. The van der Waals surface area contributed by atoms with Crippen LogP contribution in [-0.4, -0.2) is 48.9 Å². The topological polar surface area (TPSA) is 67.0 Å². The number of piperazine rings is 1. The quantitative estimate of drug-likeness (QED) is 0.870. The molecule has 2 heterocycles. The van der Waals surface area contributed by atoms with Crippen LogP contribution in [0, 0.1) is 6.92 Å². The van der Waals surface area contributed by atoms with Gasteiger partial charge in [0, 0.05) is 5.69 Å². The Balaban J connectivity index is 1.52. The maximum atomic E-state index is 12.5. The van der Waals surface area contributed by atoms with Crippen molar-refractivity contribution in [3.05, 3.63) is 54.0 Å². The van der Waals surface area contributed by atoms with Gasteiger partial charge in [-0.3, -0.25) is 9.59 Å². The van der Waals surface area contributed by atoms with Gasteiger partial charge in [-0.2, -0.15) is 0 Å². The number of rotatable bonds is 4. The fraction of sp³-hybridized carbons (Fsp3) is 0.368. The van der Waals surface area contributed by atoms with Gasteiger partial charge in [0.2, 0.25) is 0 Å². The number of aryl methyl sites for hydroxylation is 1. The largest absolute Gasteiger partial charge is 0.459 e. The first-order valence-electron chi connectivity index (χ1n) is 8.59. The standard InChI is InChI=1S/C19H23N3O3/c1-14-5-7-16(8-6-14)20-18(23)15(2)21-9-11-22(12-10-21)19(24)17-4-3-13-25-17/h3-8,13,15H,9-12H2,1-2H3,(H,20,23)/p+1/t15-/m0/s1. The van der Waals surface area contributed by atoms with Gasteiger partial charge in [0.15, 0.2) is 11.8 Å². The van der Waals surface area contributed by atoms with Crippen molar-refractivity contribution >= 4 is 17.5 Å². The number of hydrogen-bond donors (Lipinski definition) is 2. The summed E-state index contributed by atoms with van der Waals surface area (Å²) >= 11 is 0. The van der Waals surface area contributed by atoms with Crippen molar-refractivity contribution in [3.63, 3.8) is 0 Å². The van der Waals surface area contributed by atoms with Crippen LogP contribution in [0.4, 0.5) is 5.69 Å². The number of benzene rings is 1. The predicted molar refractivity (Wildman–Crippen MR) is 94.6 cm³/mol. The number of nitrogens with one attached hydrogen (secondary N) is 2. The van der Waals surface area contributed by atoms with Crippen LogP contribution in [0.1, 0.15) is 23.0 Å². The average molecular weight is 342 g/mol. The number of carbonyl (C=O) groups is 2. The summed E-state index contributed by atoms with van der Waals surface area (Å²) in [6, 6.07) is 11.0. The van der Waals surface area contributed by atoms with E-state index in [0.717, 1.165) is 24.3 Å². The Kier molecular flexibility index (Phi) is 5.19. The number of quaternary nitrogens is 1. The first-order valence-corrected chi connectivity index (χ1v) is 8.59. The van der Waals surface area contributed by atoms with Gasteiger partial charge < -0.3 is 19.5 Å². The molecule has 2 aromatic rings. The minimum atomic E-state index is -0.165. The zero-order valence-electron chi connectivity index (χ0n) is 14.6. The third-order valence-electron chi connectivity index (χ3n) is 4.75. The molecule has 0 spiro atoms. The molecule has 6 heteroatoms. The van der Waals surface area contributed by atoms with E-state index in [9.17, 15) is 9.59 Å². The normalized spacial score (nSPS) is 16.5. The number of amides is 2. The van der Waals surface area contributed by atoms with Gasteiger partial charge >= 0.3 is 0 Å². The van der Waals surface area contributed by atoms with E-state index in [1.165, 1.54) is 11.2 Å². The number of nitrogens with zero attached hydrogens (tertiary/aromatic N) is 1. The van der Waals surface area contributed by atoms with Crippen LogP contribution >= 0.6 is 0 Å². The SMILES string of the molecule is Cc1ccc(NC(=O)[C@H](C)[NH+]2CCN(C(=O)c3ccco3)CC2)cc1.